The van der Waals surface area contributed by atoms with Gasteiger partial charge in [0.15, 0.2) is 9.84 Å². The van der Waals surface area contributed by atoms with E-state index >= 15 is 0 Å². The molecule has 1 N–H and O–H groups in total. The number of para-hydroxylation sites is 1. The number of carbonyl (C=O) groups is 1. The highest BCUT2D eigenvalue weighted by Gasteiger charge is 2.12. The Bertz CT molecular complexity index is 1330. The molecule has 0 atom stereocenters. The first-order valence-electron chi connectivity index (χ1n) is 9.55. The van der Waals surface area contributed by atoms with Crippen molar-refractivity contribution in [3.8, 4) is 0 Å². The number of fused-ring (bicyclic) bond motifs is 1. The van der Waals surface area contributed by atoms with E-state index in [-0.39, 0.29) is 12.2 Å². The summed E-state index contributed by atoms with van der Waals surface area (Å²) in [5.74, 6) is -0.677. The predicted molar refractivity (Wildman–Crippen MR) is 118 cm³/mol. The van der Waals surface area contributed by atoms with Crippen LogP contribution in [0.3, 0.4) is 0 Å². The monoisotopic (exact) mass is 436 g/mol. The van der Waals surface area contributed by atoms with Crippen molar-refractivity contribution in [3.63, 3.8) is 0 Å². The third-order valence-corrected chi connectivity index (χ3v) is 5.82. The van der Waals surface area contributed by atoms with Gasteiger partial charge in [-0.1, -0.05) is 47.7 Å². The van der Waals surface area contributed by atoms with E-state index in [1.807, 2.05) is 42.5 Å². The fourth-order valence-electron chi connectivity index (χ4n) is 2.94. The normalized spacial score (nSPS) is 11.9. The van der Waals surface area contributed by atoms with Gasteiger partial charge in [-0.05, 0) is 23.8 Å². The molecule has 2 aromatic heterocycles. The maximum atomic E-state index is 12.2. The maximum absolute atomic E-state index is 12.2. The molecule has 0 aliphatic rings. The second-order valence-electron chi connectivity index (χ2n) is 6.87. The molecular formula is C21H20N6O3S. The molecule has 0 saturated heterocycles. The van der Waals surface area contributed by atoms with Gasteiger partial charge in [-0.25, -0.2) is 17.8 Å². The van der Waals surface area contributed by atoms with E-state index in [0.717, 1.165) is 22.0 Å². The zero-order valence-corrected chi connectivity index (χ0v) is 17.3. The molecule has 0 unspecified atom stereocenters. The van der Waals surface area contributed by atoms with Crippen LogP contribution in [-0.4, -0.2) is 44.9 Å². The van der Waals surface area contributed by atoms with Gasteiger partial charge in [-0.2, -0.15) is 5.10 Å². The number of aromatic nitrogens is 5. The predicted octanol–water partition coefficient (Wildman–Crippen LogP) is 2.55. The fourth-order valence-corrected chi connectivity index (χ4v) is 3.91. The number of nitrogens with one attached hydrogen (secondary N) is 1. The Labute approximate surface area is 178 Å². The molecule has 4 rings (SSSR count). The molecule has 2 heterocycles. The molecule has 0 radical (unpaired) electrons. The Kier molecular flexibility index (Phi) is 5.89. The molecule has 158 valence electrons. The van der Waals surface area contributed by atoms with Crippen molar-refractivity contribution in [2.24, 2.45) is 0 Å². The molecule has 0 spiro atoms. The quantitative estimate of drug-likeness (QED) is 0.454. The van der Waals surface area contributed by atoms with Gasteiger partial charge in [0.25, 0.3) is 0 Å². The summed E-state index contributed by atoms with van der Waals surface area (Å²) in [4.78, 5) is 12.2. The van der Waals surface area contributed by atoms with Crippen LogP contribution in [0.5, 0.6) is 0 Å². The first-order valence-corrected chi connectivity index (χ1v) is 11.3. The van der Waals surface area contributed by atoms with Crippen LogP contribution in [0, 0.1) is 0 Å². The van der Waals surface area contributed by atoms with E-state index in [1.54, 1.807) is 27.7 Å². The summed E-state index contributed by atoms with van der Waals surface area (Å²) in [5, 5.41) is 16.2. The van der Waals surface area contributed by atoms with E-state index in [9.17, 15) is 13.2 Å². The maximum Gasteiger partial charge on any atom is 0.225 e. The van der Waals surface area contributed by atoms with Gasteiger partial charge in [0.2, 0.25) is 5.91 Å². The molecule has 2 aromatic carbocycles. The topological polar surface area (TPSA) is 112 Å². The molecule has 0 aliphatic heterocycles. The van der Waals surface area contributed by atoms with Crippen molar-refractivity contribution >= 4 is 38.5 Å². The summed E-state index contributed by atoms with van der Waals surface area (Å²) in [6.45, 7) is 0.328. The van der Waals surface area contributed by atoms with E-state index in [0.29, 0.717) is 12.4 Å². The van der Waals surface area contributed by atoms with Gasteiger partial charge in [-0.15, -0.1) is 5.10 Å². The van der Waals surface area contributed by atoms with Gasteiger partial charge >= 0.3 is 0 Å². The number of hydrogen-bond donors (Lipinski definition) is 1. The summed E-state index contributed by atoms with van der Waals surface area (Å²) < 4.78 is 27.6. The Morgan fingerprint density at radius 1 is 1.06 bits per heavy atom. The zero-order chi connectivity index (χ0) is 21.7. The highest BCUT2D eigenvalue weighted by molar-refractivity contribution is 7.94. The number of nitrogens with zero attached hydrogens (tertiary/aromatic N) is 5. The lowest BCUT2D eigenvalue weighted by atomic mass is 10.2. The summed E-state index contributed by atoms with van der Waals surface area (Å²) in [7, 11) is -3.50. The van der Waals surface area contributed by atoms with Crippen LogP contribution in [0.4, 0.5) is 5.69 Å². The summed E-state index contributed by atoms with van der Waals surface area (Å²) in [6, 6.07) is 16.7. The zero-order valence-electron chi connectivity index (χ0n) is 16.5. The van der Waals surface area contributed by atoms with Crippen LogP contribution in [0.2, 0.25) is 0 Å². The second-order valence-corrected chi connectivity index (χ2v) is 8.87. The van der Waals surface area contributed by atoms with Crippen LogP contribution in [0.1, 0.15) is 12.0 Å². The molecule has 0 aliphatic carbocycles. The Hall–Kier alpha value is -3.79. The van der Waals surface area contributed by atoms with Crippen molar-refractivity contribution in [1.82, 2.24) is 24.8 Å². The van der Waals surface area contributed by atoms with Crippen molar-refractivity contribution < 1.29 is 13.2 Å². The van der Waals surface area contributed by atoms with Crippen molar-refractivity contribution in [2.45, 2.75) is 13.1 Å². The third-order valence-electron chi connectivity index (χ3n) is 4.50. The standard InChI is InChI=1S/C21H20N6O3S/c28-21(11-13-31(29,30)12-10-17-6-2-1-3-7-17)23-18-14-22-26(15-18)16-27-20-9-5-4-8-19(20)24-25-27/h1-10,12,14-15H,11,13,16H2,(H,23,28). The minimum absolute atomic E-state index is 0.152. The molecule has 31 heavy (non-hydrogen) atoms. The van der Waals surface area contributed by atoms with Crippen molar-refractivity contribution in [2.75, 3.05) is 11.1 Å². The van der Waals surface area contributed by atoms with E-state index in [4.69, 9.17) is 0 Å². The smallest absolute Gasteiger partial charge is 0.225 e. The molecule has 9 nitrogen and oxygen atoms in total. The van der Waals surface area contributed by atoms with E-state index < -0.39 is 15.7 Å². The molecule has 0 saturated carbocycles. The molecule has 1 amide bonds. The van der Waals surface area contributed by atoms with Crippen LogP contribution >= 0.6 is 0 Å². The number of anilines is 1. The van der Waals surface area contributed by atoms with Crippen LogP contribution in [0.15, 0.2) is 72.4 Å². The van der Waals surface area contributed by atoms with Crippen molar-refractivity contribution in [1.29, 1.82) is 0 Å². The first kappa shape index (κ1) is 20.5. The molecule has 0 bridgehead atoms. The average Bonchev–Trinajstić information content (AvgIpc) is 3.39. The lowest BCUT2D eigenvalue weighted by Gasteiger charge is -2.03. The highest BCUT2D eigenvalue weighted by atomic mass is 32.2. The molecular weight excluding hydrogens is 416 g/mol. The molecule has 10 heteroatoms. The highest BCUT2D eigenvalue weighted by Crippen LogP contribution is 2.12. The number of benzene rings is 2. The second kappa shape index (κ2) is 8.92. The van der Waals surface area contributed by atoms with Crippen molar-refractivity contribution in [3.05, 3.63) is 78.0 Å². The SMILES string of the molecule is O=C(CCS(=O)(=O)C=Cc1ccccc1)Nc1cnn(Cn2nnc3ccccc32)c1. The number of rotatable bonds is 8. The Morgan fingerprint density at radius 2 is 1.84 bits per heavy atom. The average molecular weight is 436 g/mol. The van der Waals surface area contributed by atoms with Gasteiger partial charge in [-0.3, -0.25) is 4.79 Å². The first-order chi connectivity index (χ1) is 15.0. The number of amides is 1. The van der Waals surface area contributed by atoms with Gasteiger partial charge in [0.1, 0.15) is 12.2 Å². The molecule has 0 fully saturated rings. The lowest BCUT2D eigenvalue weighted by Crippen LogP contribution is -2.16. The third kappa shape index (κ3) is 5.43. The van der Waals surface area contributed by atoms with Gasteiger partial charge in [0.05, 0.1) is 29.4 Å². The minimum atomic E-state index is -3.50. The molecule has 4 aromatic rings. The summed E-state index contributed by atoms with van der Waals surface area (Å²) >= 11 is 0. The minimum Gasteiger partial charge on any atom is -0.323 e. The van der Waals surface area contributed by atoms with E-state index in [2.05, 4.69) is 20.7 Å². The van der Waals surface area contributed by atoms with Gasteiger partial charge in [0, 0.05) is 11.8 Å². The number of hydrogen-bond acceptors (Lipinski definition) is 6. The summed E-state index contributed by atoms with van der Waals surface area (Å²) in [5.41, 5.74) is 2.91. The van der Waals surface area contributed by atoms with Crippen LogP contribution in [0.25, 0.3) is 17.1 Å². The lowest BCUT2D eigenvalue weighted by molar-refractivity contribution is -0.115. The fraction of sp³-hybridized carbons (Fsp3) is 0.143. The van der Waals surface area contributed by atoms with Crippen LogP contribution in [-0.2, 0) is 21.3 Å². The van der Waals surface area contributed by atoms with Crippen LogP contribution < -0.4 is 5.32 Å². The number of sulfone groups is 1. The van der Waals surface area contributed by atoms with E-state index in [1.165, 1.54) is 12.3 Å². The number of carbonyl (C=O) groups excluding carboxylic acids is 1. The summed E-state index contributed by atoms with van der Waals surface area (Å²) in [6.07, 6.45) is 4.52. The largest absolute Gasteiger partial charge is 0.323 e. The Balaban J connectivity index is 1.31. The van der Waals surface area contributed by atoms with Gasteiger partial charge < -0.3 is 5.32 Å². The Morgan fingerprint density at radius 3 is 2.68 bits per heavy atom.